The van der Waals surface area contributed by atoms with Crippen molar-refractivity contribution in [3.8, 4) is 11.8 Å². The first-order chi connectivity index (χ1) is 7.27. The maximum atomic E-state index is 11.3. The van der Waals surface area contributed by atoms with E-state index >= 15 is 0 Å². The molecule has 0 aromatic heterocycles. The van der Waals surface area contributed by atoms with Crippen molar-refractivity contribution in [3.05, 3.63) is 35.0 Å². The van der Waals surface area contributed by atoms with Crippen LogP contribution < -0.4 is 0 Å². The van der Waals surface area contributed by atoms with Crippen LogP contribution in [-0.4, -0.2) is 11.7 Å². The number of hydrogen-bond acceptors (Lipinski definition) is 3. The fraction of sp³-hybridized carbons (Fsp3) is 0.250. The van der Waals surface area contributed by atoms with Gasteiger partial charge in [0.2, 0.25) is 0 Å². The van der Waals surface area contributed by atoms with Crippen LogP contribution in [0.5, 0.6) is 0 Å². The zero-order valence-electron chi connectivity index (χ0n) is 8.74. The molecule has 0 unspecified atom stereocenters. The lowest BCUT2D eigenvalue weighted by Gasteiger charge is -1.93. The molecule has 0 saturated heterocycles. The lowest BCUT2D eigenvalue weighted by molar-refractivity contribution is -0.132. The molecule has 0 spiro atoms. The molecule has 0 aromatic rings. The third-order valence-electron chi connectivity index (χ3n) is 1.57. The molecular weight excluding hydrogens is 208 g/mol. The second kappa shape index (κ2) is 6.15. The first kappa shape index (κ1) is 11.7. The summed E-state index contributed by atoms with van der Waals surface area (Å²) in [5.41, 5.74) is 0. The summed E-state index contributed by atoms with van der Waals surface area (Å²) in [5, 5.41) is 0. The van der Waals surface area contributed by atoms with E-state index in [-0.39, 0.29) is 5.97 Å². The summed E-state index contributed by atoms with van der Waals surface area (Å²) in [4.78, 5) is 11.9. The zero-order valence-corrected chi connectivity index (χ0v) is 9.56. The topological polar surface area (TPSA) is 26.3 Å². The molecule has 0 radical (unpaired) electrons. The predicted molar refractivity (Wildman–Crippen MR) is 63.0 cm³/mol. The quantitative estimate of drug-likeness (QED) is 0.540. The van der Waals surface area contributed by atoms with Crippen LogP contribution >= 0.6 is 11.8 Å². The highest BCUT2D eigenvalue weighted by Crippen LogP contribution is 2.26. The van der Waals surface area contributed by atoms with Crippen molar-refractivity contribution in [2.24, 2.45) is 0 Å². The highest BCUT2D eigenvalue weighted by Gasteiger charge is 2.20. The van der Waals surface area contributed by atoms with Gasteiger partial charge in [-0.25, -0.2) is 4.79 Å². The van der Waals surface area contributed by atoms with E-state index in [4.69, 9.17) is 4.74 Å². The van der Waals surface area contributed by atoms with Gasteiger partial charge in [-0.1, -0.05) is 18.9 Å². The molecule has 0 N–H and O–H groups in total. The Morgan fingerprint density at radius 2 is 2.40 bits per heavy atom. The first-order valence-electron chi connectivity index (χ1n) is 4.63. The molecule has 0 aliphatic carbocycles. The van der Waals surface area contributed by atoms with E-state index in [9.17, 15) is 4.79 Å². The Hall–Kier alpha value is -1.40. The SMILES string of the molecule is CC#CC=CC=C1C=C(SCC)C(=O)O1. The summed E-state index contributed by atoms with van der Waals surface area (Å²) in [6.07, 6.45) is 6.94. The van der Waals surface area contributed by atoms with Gasteiger partial charge in [-0.2, -0.15) is 0 Å². The summed E-state index contributed by atoms with van der Waals surface area (Å²) in [6, 6.07) is 0. The fourth-order valence-corrected chi connectivity index (χ4v) is 1.66. The van der Waals surface area contributed by atoms with Gasteiger partial charge < -0.3 is 4.74 Å². The number of esters is 1. The lowest BCUT2D eigenvalue weighted by Crippen LogP contribution is -1.95. The number of cyclic esters (lactones) is 1. The average Bonchev–Trinajstić information content (AvgIpc) is 2.55. The normalized spacial score (nSPS) is 17.6. The number of allylic oxidation sites excluding steroid dienone is 4. The van der Waals surface area contributed by atoms with Crippen LogP contribution in [0.3, 0.4) is 0 Å². The minimum atomic E-state index is -0.261. The Labute approximate surface area is 94.1 Å². The smallest absolute Gasteiger partial charge is 0.350 e. The third-order valence-corrected chi connectivity index (χ3v) is 2.45. The minimum Gasteiger partial charge on any atom is -0.423 e. The number of carbonyl (C=O) groups is 1. The summed E-state index contributed by atoms with van der Waals surface area (Å²) in [7, 11) is 0. The molecule has 78 valence electrons. The predicted octanol–water partition coefficient (Wildman–Crippen LogP) is 2.64. The Bertz CT molecular complexity index is 392. The van der Waals surface area contributed by atoms with Crippen LogP contribution in [0.15, 0.2) is 35.0 Å². The standard InChI is InChI=1S/C12H12O2S/c1-3-5-6-7-8-10-9-11(15-4-2)12(13)14-10/h6-9H,4H2,1-2H3. The molecule has 0 amide bonds. The van der Waals surface area contributed by atoms with Crippen LogP contribution in [0.25, 0.3) is 0 Å². The number of ether oxygens (including phenoxy) is 1. The molecule has 1 heterocycles. The molecule has 0 bridgehead atoms. The maximum absolute atomic E-state index is 11.3. The van der Waals surface area contributed by atoms with E-state index in [1.807, 2.05) is 6.92 Å². The molecule has 0 atom stereocenters. The zero-order chi connectivity index (χ0) is 11.1. The average molecular weight is 220 g/mol. The summed E-state index contributed by atoms with van der Waals surface area (Å²) >= 11 is 1.49. The molecule has 2 nitrogen and oxygen atoms in total. The Kier molecular flexibility index (Phi) is 4.79. The van der Waals surface area contributed by atoms with Gasteiger partial charge in [0.15, 0.2) is 0 Å². The van der Waals surface area contributed by atoms with Gasteiger partial charge in [0.05, 0.1) is 4.91 Å². The summed E-state index contributed by atoms with van der Waals surface area (Å²) in [5.74, 6) is 6.70. The van der Waals surface area contributed by atoms with Crippen molar-refractivity contribution in [2.45, 2.75) is 13.8 Å². The van der Waals surface area contributed by atoms with Crippen molar-refractivity contribution >= 4 is 17.7 Å². The van der Waals surface area contributed by atoms with Crippen molar-refractivity contribution in [3.63, 3.8) is 0 Å². The minimum absolute atomic E-state index is 0.261. The van der Waals surface area contributed by atoms with E-state index in [1.165, 1.54) is 11.8 Å². The Morgan fingerprint density at radius 3 is 3.07 bits per heavy atom. The molecule has 3 heteroatoms. The Balaban J connectivity index is 2.66. The van der Waals surface area contributed by atoms with E-state index in [2.05, 4.69) is 11.8 Å². The summed E-state index contributed by atoms with van der Waals surface area (Å²) in [6.45, 7) is 3.76. The van der Waals surface area contributed by atoms with Crippen LogP contribution in [0.2, 0.25) is 0 Å². The van der Waals surface area contributed by atoms with E-state index < -0.39 is 0 Å². The molecule has 0 aromatic carbocycles. The number of thioether (sulfide) groups is 1. The highest BCUT2D eigenvalue weighted by atomic mass is 32.2. The lowest BCUT2D eigenvalue weighted by atomic mass is 10.4. The van der Waals surface area contributed by atoms with Crippen molar-refractivity contribution in [1.29, 1.82) is 0 Å². The van der Waals surface area contributed by atoms with Crippen LogP contribution in [0, 0.1) is 11.8 Å². The summed E-state index contributed by atoms with van der Waals surface area (Å²) < 4.78 is 5.02. The largest absolute Gasteiger partial charge is 0.423 e. The molecular formula is C12H12O2S. The molecule has 15 heavy (non-hydrogen) atoms. The number of rotatable bonds is 3. The first-order valence-corrected chi connectivity index (χ1v) is 5.62. The highest BCUT2D eigenvalue weighted by molar-refractivity contribution is 8.03. The molecule has 1 aliphatic rings. The molecule has 0 fully saturated rings. The monoisotopic (exact) mass is 220 g/mol. The second-order valence-corrected chi connectivity index (χ2v) is 3.96. The fourth-order valence-electron chi connectivity index (χ4n) is 0.988. The molecule has 1 rings (SSSR count). The third kappa shape index (κ3) is 3.69. The van der Waals surface area contributed by atoms with Crippen molar-refractivity contribution in [2.75, 3.05) is 5.75 Å². The van der Waals surface area contributed by atoms with Gasteiger partial charge in [-0.05, 0) is 24.8 Å². The van der Waals surface area contributed by atoms with Crippen LogP contribution in [0.4, 0.5) is 0 Å². The van der Waals surface area contributed by atoms with Crippen LogP contribution in [-0.2, 0) is 9.53 Å². The second-order valence-electron chi connectivity index (χ2n) is 2.65. The van der Waals surface area contributed by atoms with Gasteiger partial charge >= 0.3 is 5.97 Å². The van der Waals surface area contributed by atoms with Crippen molar-refractivity contribution in [1.82, 2.24) is 0 Å². The number of hydrogen-bond donors (Lipinski definition) is 0. The van der Waals surface area contributed by atoms with Gasteiger partial charge in [-0.3, -0.25) is 0 Å². The van der Waals surface area contributed by atoms with Gasteiger partial charge in [0.25, 0.3) is 0 Å². The van der Waals surface area contributed by atoms with Gasteiger partial charge in [0, 0.05) is 6.08 Å². The maximum Gasteiger partial charge on any atom is 0.350 e. The van der Waals surface area contributed by atoms with Gasteiger partial charge in [0.1, 0.15) is 5.76 Å². The van der Waals surface area contributed by atoms with E-state index in [0.29, 0.717) is 10.7 Å². The van der Waals surface area contributed by atoms with Crippen LogP contribution in [0.1, 0.15) is 13.8 Å². The number of carbonyl (C=O) groups excluding carboxylic acids is 1. The van der Waals surface area contributed by atoms with Gasteiger partial charge in [-0.15, -0.1) is 17.7 Å². The van der Waals surface area contributed by atoms with E-state index in [0.717, 1.165) is 5.75 Å². The molecule has 0 saturated carbocycles. The van der Waals surface area contributed by atoms with Crippen molar-refractivity contribution < 1.29 is 9.53 Å². The van der Waals surface area contributed by atoms with E-state index in [1.54, 1.807) is 31.2 Å². The molecule has 1 aliphatic heterocycles. The Morgan fingerprint density at radius 1 is 1.60 bits per heavy atom.